The van der Waals surface area contributed by atoms with Crippen molar-refractivity contribution in [3.8, 4) is 0 Å². The molecule has 0 aromatic carbocycles. The van der Waals surface area contributed by atoms with Crippen LogP contribution < -0.4 is 0 Å². The van der Waals surface area contributed by atoms with Crippen LogP contribution in [0.25, 0.3) is 0 Å². The zero-order valence-corrected chi connectivity index (χ0v) is 9.56. The Balaban J connectivity index is 2.38. The Morgan fingerprint density at radius 1 is 1.46 bits per heavy atom. The molecular formula is C8H9IN4. The van der Waals surface area contributed by atoms with Crippen LogP contribution in [0.3, 0.4) is 0 Å². The van der Waals surface area contributed by atoms with E-state index >= 15 is 0 Å². The molecule has 0 unspecified atom stereocenters. The molecule has 68 valence electrons. The fraction of sp³-hybridized carbons (Fsp3) is 0.250. The van der Waals surface area contributed by atoms with Crippen molar-refractivity contribution in [2.24, 2.45) is 12.0 Å². The molecule has 0 bridgehead atoms. The van der Waals surface area contributed by atoms with E-state index in [1.807, 2.05) is 17.4 Å². The lowest BCUT2D eigenvalue weighted by atomic mass is 10.2. The van der Waals surface area contributed by atoms with E-state index in [1.54, 1.807) is 4.68 Å². The first-order valence-corrected chi connectivity index (χ1v) is 6.16. The summed E-state index contributed by atoms with van der Waals surface area (Å²) in [5.74, 6) is 0. The number of hydrogen-bond acceptors (Lipinski definition) is 3. The van der Waals surface area contributed by atoms with Crippen LogP contribution in [-0.4, -0.2) is 24.8 Å². The first-order valence-electron chi connectivity index (χ1n) is 3.83. The van der Waals surface area contributed by atoms with Crippen LogP contribution in [0, 0.1) is 0 Å². The molecule has 1 aliphatic heterocycles. The molecule has 0 fully saturated rings. The molecule has 2 rings (SSSR count). The lowest BCUT2D eigenvalue weighted by molar-refractivity contribution is 0.714. The summed E-state index contributed by atoms with van der Waals surface area (Å²) < 4.78 is 5.11. The van der Waals surface area contributed by atoms with Gasteiger partial charge in [0.05, 0.1) is 16.0 Å². The van der Waals surface area contributed by atoms with E-state index in [-0.39, 0.29) is 20.7 Å². The molecular weight excluding hydrogens is 279 g/mol. The van der Waals surface area contributed by atoms with E-state index in [1.165, 1.54) is 3.58 Å². The Hall–Kier alpha value is -0.850. The van der Waals surface area contributed by atoms with Gasteiger partial charge in [0.15, 0.2) is 0 Å². The minimum atomic E-state index is 0.0332. The van der Waals surface area contributed by atoms with Gasteiger partial charge in [0.25, 0.3) is 0 Å². The van der Waals surface area contributed by atoms with Gasteiger partial charge in [-0.2, -0.15) is 0 Å². The highest BCUT2D eigenvalue weighted by Gasteiger charge is 2.06. The highest BCUT2D eigenvalue weighted by molar-refractivity contribution is 14.2. The Bertz CT molecular complexity index is 414. The third-order valence-electron chi connectivity index (χ3n) is 1.61. The predicted octanol–water partition coefficient (Wildman–Crippen LogP) is 1.25. The molecule has 13 heavy (non-hydrogen) atoms. The number of allylic oxidation sites excluding steroid dienone is 2. The van der Waals surface area contributed by atoms with Crippen molar-refractivity contribution in [2.75, 3.05) is 0 Å². The van der Waals surface area contributed by atoms with Crippen LogP contribution in [0.15, 0.2) is 20.8 Å². The number of halogens is 1. The highest BCUT2D eigenvalue weighted by Crippen LogP contribution is 2.17. The summed E-state index contributed by atoms with van der Waals surface area (Å²) >= 11 is 0.0332. The summed E-state index contributed by atoms with van der Waals surface area (Å²) in [5.41, 5.74) is 1.78. The summed E-state index contributed by atoms with van der Waals surface area (Å²) in [4.78, 5) is 4.31. The number of aryl methyl sites for hydroxylation is 1. The Kier molecular flexibility index (Phi) is 2.34. The van der Waals surface area contributed by atoms with Crippen molar-refractivity contribution in [3.05, 3.63) is 21.5 Å². The fourth-order valence-electron chi connectivity index (χ4n) is 1.02. The van der Waals surface area contributed by atoms with Crippen LogP contribution in [0.2, 0.25) is 0 Å². The molecule has 0 saturated carbocycles. The van der Waals surface area contributed by atoms with Gasteiger partial charge < -0.3 is 0 Å². The van der Waals surface area contributed by atoms with E-state index < -0.39 is 0 Å². The fourth-order valence-corrected chi connectivity index (χ4v) is 2.37. The topological polar surface area (TPSA) is 43.1 Å². The molecule has 0 saturated heterocycles. The molecule has 4 nitrogen and oxygen atoms in total. The molecule has 0 atom stereocenters. The van der Waals surface area contributed by atoms with Crippen molar-refractivity contribution in [2.45, 2.75) is 6.92 Å². The summed E-state index contributed by atoms with van der Waals surface area (Å²) in [6, 6.07) is 0. The Morgan fingerprint density at radius 2 is 2.31 bits per heavy atom. The number of hydrogen-bond donors (Lipinski definition) is 0. The molecule has 1 aromatic heterocycles. The van der Waals surface area contributed by atoms with Gasteiger partial charge >= 0.3 is 0 Å². The standard InChI is InChI=1S/C8H9IN4/c1-6-3-7(10-5-9-6)8-4-13(2)12-11-8/h3-5H,1-2H3. The molecule has 0 N–H and O–H groups in total. The maximum Gasteiger partial charge on any atom is 0.131 e. The summed E-state index contributed by atoms with van der Waals surface area (Å²) in [6.45, 7) is 2.13. The molecule has 0 spiro atoms. The normalized spacial score (nSPS) is 16.2. The smallest absolute Gasteiger partial charge is 0.131 e. The summed E-state index contributed by atoms with van der Waals surface area (Å²) in [5, 5.41) is 7.87. The van der Waals surface area contributed by atoms with Gasteiger partial charge in [0.1, 0.15) is 5.69 Å². The molecule has 0 amide bonds. The maximum atomic E-state index is 4.31. The summed E-state index contributed by atoms with van der Waals surface area (Å²) in [7, 11) is 1.85. The number of nitrogens with zero attached hydrogens (tertiary/aromatic N) is 4. The van der Waals surface area contributed by atoms with Gasteiger partial charge in [0.2, 0.25) is 0 Å². The Labute approximate surface area is 86.1 Å². The number of aliphatic imine (C=N–C) groups is 1. The van der Waals surface area contributed by atoms with Gasteiger partial charge in [-0.3, -0.25) is 4.68 Å². The van der Waals surface area contributed by atoms with E-state index in [2.05, 4.69) is 28.3 Å². The van der Waals surface area contributed by atoms with Crippen LogP contribution in [0.1, 0.15) is 12.6 Å². The maximum absolute atomic E-state index is 4.31. The van der Waals surface area contributed by atoms with E-state index in [4.69, 9.17) is 0 Å². The van der Waals surface area contributed by atoms with Crippen molar-refractivity contribution in [1.29, 1.82) is 0 Å². The van der Waals surface area contributed by atoms with Gasteiger partial charge in [0, 0.05) is 7.05 Å². The average molecular weight is 288 g/mol. The van der Waals surface area contributed by atoms with E-state index in [0.717, 1.165) is 11.4 Å². The summed E-state index contributed by atoms with van der Waals surface area (Å²) in [6.07, 6.45) is 3.97. The lowest BCUT2D eigenvalue weighted by Crippen LogP contribution is -2.00. The van der Waals surface area contributed by atoms with Crippen LogP contribution in [0.5, 0.6) is 0 Å². The third kappa shape index (κ3) is 1.90. The molecule has 1 aliphatic rings. The zero-order valence-electron chi connectivity index (χ0n) is 7.40. The third-order valence-corrected chi connectivity index (χ3v) is 3.46. The minimum absolute atomic E-state index is 0.0332. The first-order chi connectivity index (χ1) is 6.25. The number of rotatable bonds is 1. The van der Waals surface area contributed by atoms with Crippen molar-refractivity contribution < 1.29 is 0 Å². The van der Waals surface area contributed by atoms with Crippen LogP contribution in [0.4, 0.5) is 0 Å². The molecule has 0 radical (unpaired) electrons. The SMILES string of the molecule is CC1=CC(c2cn(C)nn2)=NC=I1. The monoisotopic (exact) mass is 288 g/mol. The van der Waals surface area contributed by atoms with Crippen molar-refractivity contribution in [1.82, 2.24) is 15.0 Å². The molecule has 1 aromatic rings. The van der Waals surface area contributed by atoms with Crippen LogP contribution >= 0.6 is 20.7 Å². The van der Waals surface area contributed by atoms with Crippen LogP contribution in [-0.2, 0) is 7.05 Å². The lowest BCUT2D eigenvalue weighted by Gasteiger charge is -1.99. The quantitative estimate of drug-likeness (QED) is 0.730. The van der Waals surface area contributed by atoms with Gasteiger partial charge in [-0.25, -0.2) is 4.99 Å². The minimum Gasteiger partial charge on any atom is -0.255 e. The largest absolute Gasteiger partial charge is 0.255 e. The molecule has 0 aliphatic carbocycles. The second-order valence-electron chi connectivity index (χ2n) is 2.73. The highest BCUT2D eigenvalue weighted by atomic mass is 127. The zero-order chi connectivity index (χ0) is 9.26. The van der Waals surface area contributed by atoms with Crippen molar-refractivity contribution >= 4 is 30.6 Å². The van der Waals surface area contributed by atoms with E-state index in [9.17, 15) is 0 Å². The predicted molar refractivity (Wildman–Crippen MR) is 61.4 cm³/mol. The first kappa shape index (κ1) is 8.74. The second-order valence-corrected chi connectivity index (χ2v) is 5.61. The molecule has 5 heteroatoms. The second kappa shape index (κ2) is 3.49. The van der Waals surface area contributed by atoms with Gasteiger partial charge in [-0.1, -0.05) is 25.9 Å². The Morgan fingerprint density at radius 3 is 2.92 bits per heavy atom. The average Bonchev–Trinajstić information content (AvgIpc) is 2.52. The van der Waals surface area contributed by atoms with E-state index in [0.29, 0.717) is 0 Å². The molecule has 2 heterocycles. The van der Waals surface area contributed by atoms with Gasteiger partial charge in [-0.05, 0) is 16.6 Å². The number of aromatic nitrogens is 3. The van der Waals surface area contributed by atoms with Crippen molar-refractivity contribution in [3.63, 3.8) is 0 Å². The van der Waals surface area contributed by atoms with Gasteiger partial charge in [-0.15, -0.1) is 5.10 Å².